The van der Waals surface area contributed by atoms with E-state index in [-0.39, 0.29) is 12.4 Å². The van der Waals surface area contributed by atoms with Gasteiger partial charge in [0, 0.05) is 6.54 Å². The van der Waals surface area contributed by atoms with Crippen LogP contribution in [0.4, 0.5) is 0 Å². The highest BCUT2D eigenvalue weighted by Gasteiger charge is 2.12. The van der Waals surface area contributed by atoms with Crippen LogP contribution in [0.25, 0.3) is 0 Å². The Hall–Kier alpha value is -1.13. The van der Waals surface area contributed by atoms with Crippen molar-refractivity contribution in [2.75, 3.05) is 27.9 Å². The van der Waals surface area contributed by atoms with Crippen LogP contribution in [0.5, 0.6) is 17.2 Å². The van der Waals surface area contributed by atoms with Crippen LogP contribution in [0.15, 0.2) is 12.1 Å². The predicted molar refractivity (Wildman–Crippen MR) is 70.7 cm³/mol. The van der Waals surface area contributed by atoms with Gasteiger partial charge in [-0.15, -0.1) is 12.4 Å². The van der Waals surface area contributed by atoms with Gasteiger partial charge in [-0.25, -0.2) is 0 Å². The molecule has 0 fully saturated rings. The molecule has 98 valence electrons. The molecular formula is C12H20ClNO3. The Balaban J connectivity index is 0.00000256. The lowest BCUT2D eigenvalue weighted by Gasteiger charge is -2.14. The fourth-order valence-corrected chi connectivity index (χ4v) is 1.51. The van der Waals surface area contributed by atoms with Crippen LogP contribution in [-0.2, 0) is 6.54 Å². The van der Waals surface area contributed by atoms with Crippen molar-refractivity contribution in [2.24, 2.45) is 0 Å². The van der Waals surface area contributed by atoms with E-state index in [2.05, 4.69) is 12.2 Å². The molecule has 0 unspecified atom stereocenters. The third kappa shape index (κ3) is 3.98. The first kappa shape index (κ1) is 15.9. The summed E-state index contributed by atoms with van der Waals surface area (Å²) in [5.41, 5.74) is 1.11. The topological polar surface area (TPSA) is 39.7 Å². The molecule has 0 radical (unpaired) electrons. The molecule has 0 aromatic heterocycles. The Labute approximate surface area is 109 Å². The highest BCUT2D eigenvalue weighted by Crippen LogP contribution is 2.38. The Kier molecular flexibility index (Phi) is 7.50. The average Bonchev–Trinajstić information content (AvgIpc) is 2.34. The summed E-state index contributed by atoms with van der Waals surface area (Å²) in [6.07, 6.45) is 0. The molecular weight excluding hydrogens is 242 g/mol. The number of hydrogen-bond donors (Lipinski definition) is 1. The van der Waals surface area contributed by atoms with E-state index in [0.717, 1.165) is 18.7 Å². The van der Waals surface area contributed by atoms with Crippen molar-refractivity contribution in [1.82, 2.24) is 5.32 Å². The van der Waals surface area contributed by atoms with E-state index in [4.69, 9.17) is 14.2 Å². The number of methoxy groups -OCH3 is 3. The zero-order valence-electron chi connectivity index (χ0n) is 10.7. The summed E-state index contributed by atoms with van der Waals surface area (Å²) in [4.78, 5) is 0. The maximum absolute atomic E-state index is 5.27. The molecule has 0 saturated heterocycles. The van der Waals surface area contributed by atoms with Crippen LogP contribution in [0.3, 0.4) is 0 Å². The highest BCUT2D eigenvalue weighted by molar-refractivity contribution is 5.85. The van der Waals surface area contributed by atoms with Crippen LogP contribution in [0, 0.1) is 0 Å². The number of benzene rings is 1. The normalized spacial score (nSPS) is 9.41. The monoisotopic (exact) mass is 261 g/mol. The maximum atomic E-state index is 5.27. The molecule has 0 aliphatic carbocycles. The average molecular weight is 262 g/mol. The van der Waals surface area contributed by atoms with Gasteiger partial charge in [-0.1, -0.05) is 6.92 Å². The molecule has 1 rings (SSSR count). The lowest BCUT2D eigenvalue weighted by Crippen LogP contribution is -2.12. The van der Waals surface area contributed by atoms with E-state index < -0.39 is 0 Å². The molecule has 1 aromatic carbocycles. The van der Waals surface area contributed by atoms with Crippen LogP contribution in [0.1, 0.15) is 12.5 Å². The smallest absolute Gasteiger partial charge is 0.203 e. The molecule has 0 saturated carbocycles. The van der Waals surface area contributed by atoms with Gasteiger partial charge in [-0.05, 0) is 24.2 Å². The summed E-state index contributed by atoms with van der Waals surface area (Å²) in [5, 5.41) is 3.25. The van der Waals surface area contributed by atoms with Crippen molar-refractivity contribution in [1.29, 1.82) is 0 Å². The first-order chi connectivity index (χ1) is 7.76. The predicted octanol–water partition coefficient (Wildman–Crippen LogP) is 2.24. The van der Waals surface area contributed by atoms with Crippen molar-refractivity contribution < 1.29 is 14.2 Å². The van der Waals surface area contributed by atoms with E-state index >= 15 is 0 Å². The SMILES string of the molecule is CCNCc1cc(OC)c(OC)c(OC)c1.Cl. The van der Waals surface area contributed by atoms with Gasteiger partial charge < -0.3 is 19.5 Å². The molecule has 0 aliphatic heterocycles. The summed E-state index contributed by atoms with van der Waals surface area (Å²) in [6.45, 7) is 3.78. The second kappa shape index (κ2) is 8.03. The fraction of sp³-hybridized carbons (Fsp3) is 0.500. The molecule has 0 spiro atoms. The first-order valence-electron chi connectivity index (χ1n) is 5.26. The minimum Gasteiger partial charge on any atom is -0.493 e. The number of halogens is 1. The molecule has 5 heteroatoms. The summed E-state index contributed by atoms with van der Waals surface area (Å²) >= 11 is 0. The van der Waals surface area contributed by atoms with Gasteiger partial charge in [0.2, 0.25) is 5.75 Å². The zero-order valence-corrected chi connectivity index (χ0v) is 11.5. The number of hydrogen-bond acceptors (Lipinski definition) is 4. The third-order valence-electron chi connectivity index (χ3n) is 2.30. The Bertz CT molecular complexity index is 320. The van der Waals surface area contributed by atoms with E-state index in [1.165, 1.54) is 0 Å². The van der Waals surface area contributed by atoms with Crippen molar-refractivity contribution in [3.63, 3.8) is 0 Å². The minimum absolute atomic E-state index is 0. The van der Waals surface area contributed by atoms with Gasteiger partial charge in [0.25, 0.3) is 0 Å². The van der Waals surface area contributed by atoms with Crippen molar-refractivity contribution >= 4 is 12.4 Å². The third-order valence-corrected chi connectivity index (χ3v) is 2.30. The first-order valence-corrected chi connectivity index (χ1v) is 5.26. The number of nitrogens with one attached hydrogen (secondary N) is 1. The van der Waals surface area contributed by atoms with Gasteiger partial charge in [-0.2, -0.15) is 0 Å². The Morgan fingerprint density at radius 3 is 1.88 bits per heavy atom. The second-order valence-corrected chi connectivity index (χ2v) is 3.31. The van der Waals surface area contributed by atoms with Crippen LogP contribution >= 0.6 is 12.4 Å². The number of rotatable bonds is 6. The molecule has 4 nitrogen and oxygen atoms in total. The fourth-order valence-electron chi connectivity index (χ4n) is 1.51. The molecule has 0 aliphatic rings. The molecule has 1 aromatic rings. The summed E-state index contributed by atoms with van der Waals surface area (Å²) < 4.78 is 15.8. The zero-order chi connectivity index (χ0) is 12.0. The molecule has 0 heterocycles. The molecule has 17 heavy (non-hydrogen) atoms. The van der Waals surface area contributed by atoms with Gasteiger partial charge in [0.15, 0.2) is 11.5 Å². The molecule has 1 N–H and O–H groups in total. The van der Waals surface area contributed by atoms with Gasteiger partial charge >= 0.3 is 0 Å². The highest BCUT2D eigenvalue weighted by atomic mass is 35.5. The van der Waals surface area contributed by atoms with Crippen molar-refractivity contribution in [3.8, 4) is 17.2 Å². The van der Waals surface area contributed by atoms with Gasteiger partial charge in [0.1, 0.15) is 0 Å². The lowest BCUT2D eigenvalue weighted by atomic mass is 10.2. The van der Waals surface area contributed by atoms with Crippen molar-refractivity contribution in [2.45, 2.75) is 13.5 Å². The lowest BCUT2D eigenvalue weighted by molar-refractivity contribution is 0.323. The van der Waals surface area contributed by atoms with E-state index in [1.807, 2.05) is 12.1 Å². The van der Waals surface area contributed by atoms with E-state index in [0.29, 0.717) is 17.2 Å². The number of ether oxygens (including phenoxy) is 3. The van der Waals surface area contributed by atoms with Crippen LogP contribution in [0.2, 0.25) is 0 Å². The van der Waals surface area contributed by atoms with Crippen molar-refractivity contribution in [3.05, 3.63) is 17.7 Å². The Morgan fingerprint density at radius 1 is 1.00 bits per heavy atom. The molecule has 0 atom stereocenters. The summed E-state index contributed by atoms with van der Waals surface area (Å²) in [5.74, 6) is 2.01. The molecule has 0 bridgehead atoms. The van der Waals surface area contributed by atoms with Gasteiger partial charge in [0.05, 0.1) is 21.3 Å². The second-order valence-electron chi connectivity index (χ2n) is 3.31. The van der Waals surface area contributed by atoms with E-state index in [1.54, 1.807) is 21.3 Å². The quantitative estimate of drug-likeness (QED) is 0.853. The van der Waals surface area contributed by atoms with E-state index in [9.17, 15) is 0 Å². The Morgan fingerprint density at radius 2 is 1.53 bits per heavy atom. The molecule has 0 amide bonds. The summed E-state index contributed by atoms with van der Waals surface area (Å²) in [7, 11) is 4.84. The standard InChI is InChI=1S/C12H19NO3.ClH/c1-5-13-8-9-6-10(14-2)12(16-4)11(7-9)15-3;/h6-7,13H,5,8H2,1-4H3;1H. The van der Waals surface area contributed by atoms with Gasteiger partial charge in [-0.3, -0.25) is 0 Å². The largest absolute Gasteiger partial charge is 0.493 e. The minimum atomic E-state index is 0. The maximum Gasteiger partial charge on any atom is 0.203 e. The summed E-state index contributed by atoms with van der Waals surface area (Å²) in [6, 6.07) is 3.90. The van der Waals surface area contributed by atoms with Crippen LogP contribution in [-0.4, -0.2) is 27.9 Å². The van der Waals surface area contributed by atoms with Crippen LogP contribution < -0.4 is 19.5 Å².